The molecule has 0 aromatic heterocycles. The third-order valence-corrected chi connectivity index (χ3v) is 3.85. The average Bonchev–Trinajstić information content (AvgIpc) is 2.36. The molecule has 0 saturated heterocycles. The van der Waals surface area contributed by atoms with E-state index in [9.17, 15) is 4.79 Å². The van der Waals surface area contributed by atoms with Gasteiger partial charge >= 0.3 is 0 Å². The van der Waals surface area contributed by atoms with E-state index in [4.69, 9.17) is 5.73 Å². The molecule has 2 atom stereocenters. The Labute approximate surface area is 121 Å². The van der Waals surface area contributed by atoms with Gasteiger partial charge in [0.2, 0.25) is 5.91 Å². The minimum Gasteiger partial charge on any atom is -0.385 e. The van der Waals surface area contributed by atoms with Crippen molar-refractivity contribution in [3.05, 3.63) is 41.5 Å². The van der Waals surface area contributed by atoms with Crippen LogP contribution < -0.4 is 11.1 Å². The number of hydrogen-bond donors (Lipinski definition) is 2. The lowest BCUT2D eigenvalue weighted by Crippen LogP contribution is -2.21. The van der Waals surface area contributed by atoms with Gasteiger partial charge in [0.1, 0.15) is 0 Å². The zero-order valence-corrected chi connectivity index (χ0v) is 12.4. The number of amides is 1. The van der Waals surface area contributed by atoms with E-state index in [1.165, 1.54) is 12.0 Å². The molecule has 1 aromatic rings. The zero-order chi connectivity index (χ0) is 14.5. The van der Waals surface area contributed by atoms with Gasteiger partial charge < -0.3 is 11.1 Å². The third kappa shape index (κ3) is 4.12. The number of allylic oxidation sites excluding steroid dienone is 2. The van der Waals surface area contributed by atoms with Crippen LogP contribution in [0.2, 0.25) is 0 Å². The maximum Gasteiger partial charge on any atom is 0.221 e. The summed E-state index contributed by atoms with van der Waals surface area (Å²) in [6.07, 6.45) is 5.05. The summed E-state index contributed by atoms with van der Waals surface area (Å²) < 4.78 is 0. The molecule has 0 bridgehead atoms. The summed E-state index contributed by atoms with van der Waals surface area (Å²) in [7, 11) is 0. The summed E-state index contributed by atoms with van der Waals surface area (Å²) in [5.74, 6) is 1.04. The van der Waals surface area contributed by atoms with Crippen LogP contribution in [0.3, 0.4) is 0 Å². The Kier molecular flexibility index (Phi) is 4.83. The number of para-hydroxylation sites is 1. The molecular weight excluding hydrogens is 248 g/mol. The smallest absolute Gasteiger partial charge is 0.221 e. The van der Waals surface area contributed by atoms with Crippen molar-refractivity contribution in [2.45, 2.75) is 33.1 Å². The fourth-order valence-corrected chi connectivity index (χ4v) is 3.13. The lowest BCUT2D eigenvalue weighted by atomic mass is 9.83. The first kappa shape index (κ1) is 14.6. The molecule has 20 heavy (non-hydrogen) atoms. The molecule has 1 amide bonds. The highest BCUT2D eigenvalue weighted by Gasteiger charge is 2.18. The van der Waals surface area contributed by atoms with Crippen LogP contribution in [0.1, 0.15) is 32.3 Å². The molecule has 2 rings (SSSR count). The van der Waals surface area contributed by atoms with E-state index in [1.807, 2.05) is 24.3 Å². The second-order valence-electron chi connectivity index (χ2n) is 5.98. The van der Waals surface area contributed by atoms with E-state index >= 15 is 0 Å². The summed E-state index contributed by atoms with van der Waals surface area (Å²) in [5, 5.41) is 3.49. The topological polar surface area (TPSA) is 55.1 Å². The van der Waals surface area contributed by atoms with Crippen molar-refractivity contribution in [1.29, 1.82) is 0 Å². The molecule has 1 aromatic carbocycles. The number of nitrogens with one attached hydrogen (secondary N) is 1. The van der Waals surface area contributed by atoms with Crippen LogP contribution in [0.25, 0.3) is 0 Å². The second-order valence-corrected chi connectivity index (χ2v) is 5.98. The van der Waals surface area contributed by atoms with Crippen LogP contribution in [-0.2, 0) is 11.2 Å². The van der Waals surface area contributed by atoms with Gasteiger partial charge in [-0.25, -0.2) is 0 Å². The van der Waals surface area contributed by atoms with E-state index in [1.54, 1.807) is 0 Å². The third-order valence-electron chi connectivity index (χ3n) is 3.85. The zero-order valence-electron chi connectivity index (χ0n) is 12.4. The molecule has 0 radical (unpaired) electrons. The van der Waals surface area contributed by atoms with Crippen LogP contribution in [0.4, 0.5) is 5.69 Å². The largest absolute Gasteiger partial charge is 0.385 e. The SMILES string of the molecule is CC1=CC(C)CC(CNc2ccccc2CC(N)=O)C1. The Morgan fingerprint density at radius 2 is 2.15 bits per heavy atom. The molecule has 0 spiro atoms. The van der Waals surface area contributed by atoms with Crippen molar-refractivity contribution in [2.24, 2.45) is 17.6 Å². The Morgan fingerprint density at radius 1 is 1.40 bits per heavy atom. The van der Waals surface area contributed by atoms with Crippen molar-refractivity contribution in [1.82, 2.24) is 0 Å². The molecular formula is C17H24N2O. The first-order valence-corrected chi connectivity index (χ1v) is 7.32. The molecule has 1 aliphatic carbocycles. The van der Waals surface area contributed by atoms with Gasteiger partial charge in [0.25, 0.3) is 0 Å². The maximum absolute atomic E-state index is 11.1. The van der Waals surface area contributed by atoms with E-state index in [-0.39, 0.29) is 5.91 Å². The van der Waals surface area contributed by atoms with E-state index in [0.717, 1.165) is 24.2 Å². The fraction of sp³-hybridized carbons (Fsp3) is 0.471. The fourth-order valence-electron chi connectivity index (χ4n) is 3.13. The normalized spacial score (nSPS) is 22.2. The maximum atomic E-state index is 11.1. The summed E-state index contributed by atoms with van der Waals surface area (Å²) in [5.41, 5.74) is 8.80. The monoisotopic (exact) mass is 272 g/mol. The second kappa shape index (κ2) is 6.60. The van der Waals surface area contributed by atoms with Crippen molar-refractivity contribution >= 4 is 11.6 Å². The number of primary amides is 1. The Balaban J connectivity index is 1.97. The highest BCUT2D eigenvalue weighted by Crippen LogP contribution is 2.28. The molecule has 3 heteroatoms. The summed E-state index contributed by atoms with van der Waals surface area (Å²) >= 11 is 0. The van der Waals surface area contributed by atoms with Gasteiger partial charge in [-0.2, -0.15) is 0 Å². The Hall–Kier alpha value is -1.77. The Bertz CT molecular complexity index is 507. The number of rotatable bonds is 5. The van der Waals surface area contributed by atoms with Gasteiger partial charge in [-0.3, -0.25) is 4.79 Å². The molecule has 3 N–H and O–H groups in total. The number of anilines is 1. The number of hydrogen-bond acceptors (Lipinski definition) is 2. The molecule has 0 aliphatic heterocycles. The first-order chi connectivity index (χ1) is 9.54. The molecule has 3 nitrogen and oxygen atoms in total. The lowest BCUT2D eigenvalue weighted by molar-refractivity contribution is -0.117. The minimum absolute atomic E-state index is 0.288. The first-order valence-electron chi connectivity index (χ1n) is 7.32. The van der Waals surface area contributed by atoms with Crippen LogP contribution >= 0.6 is 0 Å². The quantitative estimate of drug-likeness (QED) is 0.809. The molecule has 0 heterocycles. The van der Waals surface area contributed by atoms with Crippen molar-refractivity contribution < 1.29 is 4.79 Å². The lowest BCUT2D eigenvalue weighted by Gasteiger charge is -2.26. The van der Waals surface area contributed by atoms with Crippen molar-refractivity contribution in [3.8, 4) is 0 Å². The van der Waals surface area contributed by atoms with Crippen LogP contribution in [0, 0.1) is 11.8 Å². The van der Waals surface area contributed by atoms with Crippen molar-refractivity contribution in [3.63, 3.8) is 0 Å². The number of carbonyl (C=O) groups excluding carboxylic acids is 1. The standard InChI is InChI=1S/C17H24N2O/c1-12-7-13(2)9-14(8-12)11-19-16-6-4-3-5-15(16)10-17(18)20/h3-7,12,14,19H,8-11H2,1-2H3,(H2,18,20). The van der Waals surface area contributed by atoms with Gasteiger partial charge in [0.15, 0.2) is 0 Å². The number of nitrogens with two attached hydrogens (primary N) is 1. The Morgan fingerprint density at radius 3 is 2.85 bits per heavy atom. The summed E-state index contributed by atoms with van der Waals surface area (Å²) in [6.45, 7) is 5.44. The average molecular weight is 272 g/mol. The minimum atomic E-state index is -0.288. The summed E-state index contributed by atoms with van der Waals surface area (Å²) in [6, 6.07) is 7.91. The molecule has 2 unspecified atom stereocenters. The van der Waals surface area contributed by atoms with Gasteiger partial charge in [0.05, 0.1) is 6.42 Å². The molecule has 1 aliphatic rings. The van der Waals surface area contributed by atoms with Crippen molar-refractivity contribution in [2.75, 3.05) is 11.9 Å². The van der Waals surface area contributed by atoms with Crippen LogP contribution in [0.5, 0.6) is 0 Å². The van der Waals surface area contributed by atoms with Gasteiger partial charge in [-0.1, -0.05) is 36.8 Å². The van der Waals surface area contributed by atoms with Gasteiger partial charge in [-0.05, 0) is 43.2 Å². The van der Waals surface area contributed by atoms with Crippen LogP contribution in [-0.4, -0.2) is 12.5 Å². The van der Waals surface area contributed by atoms with E-state index < -0.39 is 0 Å². The predicted molar refractivity (Wildman–Crippen MR) is 83.5 cm³/mol. The number of benzene rings is 1. The molecule has 0 fully saturated rings. The van der Waals surface area contributed by atoms with E-state index in [2.05, 4.69) is 25.2 Å². The van der Waals surface area contributed by atoms with Gasteiger partial charge in [-0.15, -0.1) is 0 Å². The predicted octanol–water partition coefficient (Wildman–Crippen LogP) is 3.12. The molecule has 108 valence electrons. The van der Waals surface area contributed by atoms with E-state index in [0.29, 0.717) is 18.3 Å². The number of carbonyl (C=O) groups is 1. The highest BCUT2D eigenvalue weighted by molar-refractivity contribution is 5.78. The molecule has 0 saturated carbocycles. The van der Waals surface area contributed by atoms with Crippen LogP contribution in [0.15, 0.2) is 35.9 Å². The van der Waals surface area contributed by atoms with Gasteiger partial charge in [0, 0.05) is 12.2 Å². The highest BCUT2D eigenvalue weighted by atomic mass is 16.1. The summed E-state index contributed by atoms with van der Waals surface area (Å²) in [4.78, 5) is 11.1.